The topological polar surface area (TPSA) is 58.7 Å². The molecule has 3 aromatic heterocycles. The number of aromatic nitrogens is 4. The first-order valence-electron chi connectivity index (χ1n) is 10.3. The van der Waals surface area contributed by atoms with Crippen LogP contribution < -0.4 is 0 Å². The van der Waals surface area contributed by atoms with Gasteiger partial charge in [-0.2, -0.15) is 0 Å². The summed E-state index contributed by atoms with van der Waals surface area (Å²) in [6.45, 7) is 3.37. The summed E-state index contributed by atoms with van der Waals surface area (Å²) >= 11 is 0. The summed E-state index contributed by atoms with van der Waals surface area (Å²) in [4.78, 5) is 26.9. The van der Waals surface area contributed by atoms with E-state index in [0.29, 0.717) is 11.5 Å². The van der Waals surface area contributed by atoms with Gasteiger partial charge in [-0.25, -0.2) is 9.97 Å². The molecule has 0 saturated carbocycles. The smallest absolute Gasteiger partial charge is 0.274 e. The fourth-order valence-electron chi connectivity index (χ4n) is 3.95. The second-order valence-electron chi connectivity index (χ2n) is 7.69. The van der Waals surface area contributed by atoms with Crippen LogP contribution in [0, 0.1) is 0 Å². The second-order valence-corrected chi connectivity index (χ2v) is 7.69. The van der Waals surface area contributed by atoms with Crippen molar-refractivity contribution < 1.29 is 4.79 Å². The van der Waals surface area contributed by atoms with E-state index in [0.717, 1.165) is 49.5 Å². The Kier molecular flexibility index (Phi) is 4.80. The molecular weight excluding hydrogens is 376 g/mol. The van der Waals surface area contributed by atoms with E-state index in [1.165, 1.54) is 0 Å². The molecule has 0 aliphatic carbocycles. The summed E-state index contributed by atoms with van der Waals surface area (Å²) < 4.78 is 3.92. The highest BCUT2D eigenvalue weighted by atomic mass is 16.2. The first-order valence-corrected chi connectivity index (χ1v) is 10.3. The molecule has 7 heteroatoms. The molecule has 0 atom stereocenters. The van der Waals surface area contributed by atoms with Crippen LogP contribution in [0.2, 0.25) is 0 Å². The van der Waals surface area contributed by atoms with Gasteiger partial charge in [-0.15, -0.1) is 0 Å². The lowest BCUT2D eigenvalue weighted by Gasteiger charge is -2.19. The van der Waals surface area contributed by atoms with Gasteiger partial charge in [0, 0.05) is 37.7 Å². The van der Waals surface area contributed by atoms with Gasteiger partial charge in [-0.1, -0.05) is 24.3 Å². The zero-order valence-corrected chi connectivity index (χ0v) is 17.0. The first-order chi connectivity index (χ1) is 14.7. The minimum Gasteiger partial charge on any atom is -0.336 e. The third-order valence-corrected chi connectivity index (χ3v) is 5.62. The Morgan fingerprint density at radius 2 is 1.80 bits per heavy atom. The zero-order chi connectivity index (χ0) is 20.5. The highest BCUT2D eigenvalue weighted by molar-refractivity contribution is 6.00. The molecule has 5 rings (SSSR count). The van der Waals surface area contributed by atoms with Crippen LogP contribution in [-0.4, -0.2) is 67.9 Å². The SMILES string of the molecule is CN1CCCN(C(=O)c2nc(-c3cn(-c4ccccc4)cn3)n3ccccc23)CC1. The van der Waals surface area contributed by atoms with Gasteiger partial charge in [0.2, 0.25) is 0 Å². The number of likely N-dealkylation sites (N-methyl/N-ethyl adjacent to an activating group) is 1. The van der Waals surface area contributed by atoms with Gasteiger partial charge in [0.05, 0.1) is 5.52 Å². The number of imidazole rings is 2. The molecule has 1 saturated heterocycles. The van der Waals surface area contributed by atoms with Gasteiger partial charge >= 0.3 is 0 Å². The summed E-state index contributed by atoms with van der Waals surface area (Å²) in [5.41, 5.74) is 3.06. The minimum absolute atomic E-state index is 0.0113. The van der Waals surface area contributed by atoms with E-state index in [4.69, 9.17) is 4.98 Å². The maximum Gasteiger partial charge on any atom is 0.274 e. The number of amides is 1. The Labute approximate surface area is 175 Å². The molecule has 1 amide bonds. The number of benzene rings is 1. The van der Waals surface area contributed by atoms with Crippen molar-refractivity contribution in [3.63, 3.8) is 0 Å². The van der Waals surface area contributed by atoms with E-state index >= 15 is 0 Å². The molecule has 4 heterocycles. The summed E-state index contributed by atoms with van der Waals surface area (Å²) in [5.74, 6) is 0.665. The van der Waals surface area contributed by atoms with Crippen molar-refractivity contribution in [1.29, 1.82) is 0 Å². The van der Waals surface area contributed by atoms with Gasteiger partial charge < -0.3 is 14.4 Å². The lowest BCUT2D eigenvalue weighted by molar-refractivity contribution is 0.0759. The number of fused-ring (bicyclic) bond motifs is 1. The van der Waals surface area contributed by atoms with Crippen LogP contribution in [0.1, 0.15) is 16.9 Å². The van der Waals surface area contributed by atoms with E-state index < -0.39 is 0 Å². The van der Waals surface area contributed by atoms with E-state index in [-0.39, 0.29) is 5.91 Å². The van der Waals surface area contributed by atoms with Gasteiger partial charge in [-0.05, 0) is 44.3 Å². The third kappa shape index (κ3) is 3.37. The molecule has 4 aromatic rings. The van der Waals surface area contributed by atoms with Crippen molar-refractivity contribution in [1.82, 2.24) is 28.7 Å². The Bertz CT molecular complexity index is 1180. The highest BCUT2D eigenvalue weighted by Crippen LogP contribution is 2.24. The standard InChI is InChI=1S/C23H24N6O/c1-26-11-7-12-27(15-14-26)23(30)21-20-10-5-6-13-29(20)22(25-21)19-16-28(17-24-19)18-8-3-2-4-9-18/h2-6,8-10,13,16-17H,7,11-12,14-15H2,1H3. The lowest BCUT2D eigenvalue weighted by Crippen LogP contribution is -2.34. The second kappa shape index (κ2) is 7.76. The van der Waals surface area contributed by atoms with Crippen LogP contribution in [0.15, 0.2) is 67.3 Å². The van der Waals surface area contributed by atoms with Crippen molar-refractivity contribution in [3.05, 3.63) is 72.9 Å². The summed E-state index contributed by atoms with van der Waals surface area (Å²) in [6, 6.07) is 15.9. The van der Waals surface area contributed by atoms with Gasteiger partial charge in [0.25, 0.3) is 5.91 Å². The van der Waals surface area contributed by atoms with Crippen molar-refractivity contribution in [2.45, 2.75) is 6.42 Å². The van der Waals surface area contributed by atoms with Crippen LogP contribution in [0.3, 0.4) is 0 Å². The van der Waals surface area contributed by atoms with E-state index in [2.05, 4.69) is 16.9 Å². The van der Waals surface area contributed by atoms with E-state index in [1.54, 1.807) is 6.33 Å². The molecule has 0 radical (unpaired) electrons. The molecule has 1 aliphatic heterocycles. The number of rotatable bonds is 3. The zero-order valence-electron chi connectivity index (χ0n) is 17.0. The maximum absolute atomic E-state index is 13.4. The van der Waals surface area contributed by atoms with Gasteiger partial charge in [0.15, 0.2) is 11.5 Å². The normalized spacial score (nSPS) is 15.4. The number of para-hydroxylation sites is 1. The van der Waals surface area contributed by atoms with Crippen LogP contribution in [0.5, 0.6) is 0 Å². The molecule has 7 nitrogen and oxygen atoms in total. The predicted molar refractivity (Wildman–Crippen MR) is 116 cm³/mol. The molecular formula is C23H24N6O. The van der Waals surface area contributed by atoms with Crippen LogP contribution in [-0.2, 0) is 0 Å². The van der Waals surface area contributed by atoms with Crippen molar-refractivity contribution in [2.75, 3.05) is 33.2 Å². The monoisotopic (exact) mass is 400 g/mol. The summed E-state index contributed by atoms with van der Waals surface area (Å²) in [6.07, 6.45) is 6.64. The van der Waals surface area contributed by atoms with Crippen LogP contribution in [0.4, 0.5) is 0 Å². The number of carbonyl (C=O) groups is 1. The molecule has 0 N–H and O–H groups in total. The van der Waals surface area contributed by atoms with Gasteiger partial charge in [0.1, 0.15) is 12.0 Å². The number of nitrogens with zero attached hydrogens (tertiary/aromatic N) is 6. The Morgan fingerprint density at radius 3 is 2.67 bits per heavy atom. The average Bonchev–Trinajstić information content (AvgIpc) is 3.35. The van der Waals surface area contributed by atoms with E-state index in [1.807, 2.05) is 74.8 Å². The largest absolute Gasteiger partial charge is 0.336 e. The molecule has 152 valence electrons. The molecule has 0 unspecified atom stereocenters. The molecule has 1 fully saturated rings. The predicted octanol–water partition coefficient (Wildman–Crippen LogP) is 2.96. The highest BCUT2D eigenvalue weighted by Gasteiger charge is 2.25. The Hall–Kier alpha value is -3.45. The van der Waals surface area contributed by atoms with Crippen LogP contribution >= 0.6 is 0 Å². The fourth-order valence-corrected chi connectivity index (χ4v) is 3.95. The molecule has 1 aliphatic rings. The third-order valence-electron chi connectivity index (χ3n) is 5.62. The van der Waals surface area contributed by atoms with E-state index in [9.17, 15) is 4.79 Å². The van der Waals surface area contributed by atoms with Crippen molar-refractivity contribution in [2.24, 2.45) is 0 Å². The number of hydrogen-bond donors (Lipinski definition) is 0. The average molecular weight is 400 g/mol. The number of hydrogen-bond acceptors (Lipinski definition) is 4. The fraction of sp³-hybridized carbons (Fsp3) is 0.261. The van der Waals surface area contributed by atoms with Crippen LogP contribution in [0.25, 0.3) is 22.7 Å². The molecule has 0 bridgehead atoms. The minimum atomic E-state index is -0.0113. The molecule has 1 aromatic carbocycles. The molecule has 30 heavy (non-hydrogen) atoms. The van der Waals surface area contributed by atoms with Gasteiger partial charge in [-0.3, -0.25) is 9.20 Å². The summed E-state index contributed by atoms with van der Waals surface area (Å²) in [7, 11) is 2.10. The lowest BCUT2D eigenvalue weighted by atomic mass is 10.3. The summed E-state index contributed by atoms with van der Waals surface area (Å²) in [5, 5.41) is 0. The quantitative estimate of drug-likeness (QED) is 0.531. The first kappa shape index (κ1) is 18.6. The van der Waals surface area contributed by atoms with Crippen molar-refractivity contribution >= 4 is 11.4 Å². The Balaban J connectivity index is 1.53. The van der Waals surface area contributed by atoms with Crippen molar-refractivity contribution in [3.8, 4) is 17.2 Å². The number of pyridine rings is 1. The molecule has 0 spiro atoms. The Morgan fingerprint density at radius 1 is 0.967 bits per heavy atom. The number of carbonyl (C=O) groups excluding carboxylic acids is 1. The maximum atomic E-state index is 13.4.